The fourth-order valence-corrected chi connectivity index (χ4v) is 2.10. The van der Waals surface area contributed by atoms with E-state index in [1.807, 2.05) is 78.0 Å². The zero-order valence-electron chi connectivity index (χ0n) is 24.5. The molecule has 2 heteroatoms. The van der Waals surface area contributed by atoms with Gasteiger partial charge in [-0.3, -0.25) is 9.59 Å². The van der Waals surface area contributed by atoms with E-state index in [1.54, 1.807) is 19.1 Å². The fourth-order valence-electron chi connectivity index (χ4n) is 2.10. The Labute approximate surface area is 213 Å². The minimum atomic E-state index is -0.0598. The highest BCUT2D eigenvalue weighted by atomic mass is 16.1. The topological polar surface area (TPSA) is 34.1 Å². The first-order chi connectivity index (χ1) is 16.2. The van der Waals surface area contributed by atoms with Crippen molar-refractivity contribution in [3.63, 3.8) is 0 Å². The van der Waals surface area contributed by atoms with E-state index in [4.69, 9.17) is 0 Å². The molecule has 1 aromatic rings. The van der Waals surface area contributed by atoms with Gasteiger partial charge in [-0.05, 0) is 44.4 Å². The van der Waals surface area contributed by atoms with Crippen LogP contribution in [0.25, 0.3) is 5.57 Å². The summed E-state index contributed by atoms with van der Waals surface area (Å²) in [5.41, 5.74) is 3.81. The first-order valence-corrected chi connectivity index (χ1v) is 13.1. The summed E-state index contributed by atoms with van der Waals surface area (Å²) in [6.07, 6.45) is 12.9. The SMILES string of the molecule is C=C(C(C)=O)C(=C\C=C/C)/C(=C\C)c1ccc(C(C)=O)cc1.CC.CC.CCCC.CCCC. The molecule has 0 unspecified atom stereocenters. The smallest absolute Gasteiger partial charge is 0.159 e. The van der Waals surface area contributed by atoms with Gasteiger partial charge in [-0.15, -0.1) is 0 Å². The minimum Gasteiger partial charge on any atom is -0.295 e. The van der Waals surface area contributed by atoms with E-state index in [0.29, 0.717) is 11.1 Å². The van der Waals surface area contributed by atoms with Crippen LogP contribution in [0, 0.1) is 0 Å². The molecule has 0 aliphatic carbocycles. The van der Waals surface area contributed by atoms with Crippen molar-refractivity contribution >= 4 is 17.1 Å². The van der Waals surface area contributed by atoms with E-state index in [1.165, 1.54) is 32.6 Å². The van der Waals surface area contributed by atoms with Crippen molar-refractivity contribution in [2.75, 3.05) is 0 Å². The van der Waals surface area contributed by atoms with Crippen LogP contribution in [-0.4, -0.2) is 11.6 Å². The number of unbranched alkanes of at least 4 members (excludes halogenated alkanes) is 2. The molecule has 0 atom stereocenters. The van der Waals surface area contributed by atoms with Crippen LogP contribution in [-0.2, 0) is 4.79 Å². The normalized spacial score (nSPS) is 10.2. The molecule has 0 bridgehead atoms. The summed E-state index contributed by atoms with van der Waals surface area (Å²) in [7, 11) is 0. The molecule has 0 fully saturated rings. The average molecular weight is 471 g/mol. The lowest BCUT2D eigenvalue weighted by molar-refractivity contribution is -0.113. The standard InChI is InChI=1S/C20H22O2.2C4H10.2C2H6/c1-6-8-9-20(14(3)15(4)21)19(7-2)18-12-10-17(11-13-18)16(5)22;2*1-3-4-2;2*1-2/h6-13H,3H2,1-2,4-5H3;2*3-4H2,1-2H3;2*1-2H3/b8-6-,19-7-,20-9+;;;;. The van der Waals surface area contributed by atoms with Crippen molar-refractivity contribution in [3.8, 4) is 0 Å². The Hall–Kier alpha value is -2.48. The van der Waals surface area contributed by atoms with Gasteiger partial charge in [0.05, 0.1) is 0 Å². The molecule has 0 saturated heterocycles. The van der Waals surface area contributed by atoms with E-state index >= 15 is 0 Å². The molecule has 0 saturated carbocycles. The van der Waals surface area contributed by atoms with Gasteiger partial charge in [0.15, 0.2) is 11.6 Å². The van der Waals surface area contributed by atoms with Gasteiger partial charge in [0.2, 0.25) is 0 Å². The Balaban J connectivity index is -0.000000314. The van der Waals surface area contributed by atoms with Gasteiger partial charge in [-0.1, -0.05) is 136 Å². The first-order valence-electron chi connectivity index (χ1n) is 13.1. The van der Waals surface area contributed by atoms with Crippen molar-refractivity contribution in [1.29, 1.82) is 0 Å². The van der Waals surface area contributed by atoms with Crippen molar-refractivity contribution < 1.29 is 9.59 Å². The molecule has 0 aliphatic rings. The van der Waals surface area contributed by atoms with Crippen LogP contribution < -0.4 is 0 Å². The lowest BCUT2D eigenvalue weighted by Gasteiger charge is -2.13. The van der Waals surface area contributed by atoms with E-state index in [9.17, 15) is 9.59 Å². The number of benzene rings is 1. The number of carbonyl (C=O) groups is 2. The summed E-state index contributed by atoms with van der Waals surface area (Å²) in [6, 6.07) is 7.38. The third-order valence-corrected chi connectivity index (χ3v) is 4.39. The molecule has 2 nitrogen and oxygen atoms in total. The molecule has 0 aromatic heterocycles. The maximum atomic E-state index is 11.7. The van der Waals surface area contributed by atoms with Gasteiger partial charge in [0.1, 0.15) is 0 Å². The molecule has 1 aromatic carbocycles. The summed E-state index contributed by atoms with van der Waals surface area (Å²) < 4.78 is 0. The number of rotatable bonds is 8. The Kier molecular flexibility index (Phi) is 32.6. The highest BCUT2D eigenvalue weighted by Gasteiger charge is 2.13. The van der Waals surface area contributed by atoms with Crippen LogP contribution in [0.4, 0.5) is 0 Å². The van der Waals surface area contributed by atoms with Gasteiger partial charge in [-0.2, -0.15) is 0 Å². The Bertz CT molecular complexity index is 721. The number of ketones is 2. The fraction of sp³-hybridized carbons (Fsp3) is 0.500. The van der Waals surface area contributed by atoms with Gasteiger partial charge in [0.25, 0.3) is 0 Å². The number of allylic oxidation sites excluding steroid dienone is 7. The predicted octanol–water partition coefficient (Wildman–Crippen LogP) is 10.6. The van der Waals surface area contributed by atoms with Gasteiger partial charge in [0, 0.05) is 11.1 Å². The van der Waals surface area contributed by atoms with Crippen LogP contribution in [0.2, 0.25) is 0 Å². The summed E-state index contributed by atoms with van der Waals surface area (Å²) in [5.74, 6) is -0.0261. The van der Waals surface area contributed by atoms with Crippen LogP contribution >= 0.6 is 0 Å². The van der Waals surface area contributed by atoms with E-state index in [2.05, 4.69) is 34.3 Å². The highest BCUT2D eigenvalue weighted by molar-refractivity contribution is 6.04. The predicted molar refractivity (Wildman–Crippen MR) is 157 cm³/mol. The summed E-state index contributed by atoms with van der Waals surface area (Å²) in [5, 5.41) is 0. The summed E-state index contributed by atoms with van der Waals surface area (Å²) >= 11 is 0. The van der Waals surface area contributed by atoms with E-state index in [0.717, 1.165) is 16.7 Å². The van der Waals surface area contributed by atoms with Crippen LogP contribution in [0.5, 0.6) is 0 Å². The lowest BCUT2D eigenvalue weighted by atomic mass is 9.90. The molecule has 0 heterocycles. The van der Waals surface area contributed by atoms with Gasteiger partial charge >= 0.3 is 0 Å². The first kappa shape index (κ1) is 38.8. The monoisotopic (exact) mass is 470 g/mol. The van der Waals surface area contributed by atoms with E-state index < -0.39 is 0 Å². The van der Waals surface area contributed by atoms with Gasteiger partial charge in [-0.25, -0.2) is 0 Å². The molecule has 0 aliphatic heterocycles. The molecule has 34 heavy (non-hydrogen) atoms. The number of Topliss-reactive ketones (excluding diaryl/α,β-unsaturated/α-hetero) is 2. The Morgan fingerprint density at radius 3 is 1.41 bits per heavy atom. The second kappa shape index (κ2) is 28.6. The summed E-state index contributed by atoms with van der Waals surface area (Å²) in [6.45, 7) is 27.5. The molecular formula is C32H54O2. The Morgan fingerprint density at radius 2 is 1.15 bits per heavy atom. The second-order valence-corrected chi connectivity index (χ2v) is 6.98. The van der Waals surface area contributed by atoms with E-state index in [-0.39, 0.29) is 11.6 Å². The van der Waals surface area contributed by atoms with Gasteiger partial charge < -0.3 is 0 Å². The second-order valence-electron chi connectivity index (χ2n) is 6.98. The molecular weight excluding hydrogens is 416 g/mol. The average Bonchev–Trinajstić information content (AvgIpc) is 2.88. The molecule has 194 valence electrons. The number of carbonyl (C=O) groups excluding carboxylic acids is 2. The van der Waals surface area contributed by atoms with Crippen molar-refractivity contribution in [3.05, 3.63) is 77.4 Å². The summed E-state index contributed by atoms with van der Waals surface area (Å²) in [4.78, 5) is 23.1. The van der Waals surface area contributed by atoms with Crippen LogP contribution in [0.1, 0.15) is 125 Å². The highest BCUT2D eigenvalue weighted by Crippen LogP contribution is 2.29. The Morgan fingerprint density at radius 1 is 0.765 bits per heavy atom. The third kappa shape index (κ3) is 19.0. The zero-order chi connectivity index (χ0) is 27.5. The van der Waals surface area contributed by atoms with Crippen molar-refractivity contribution in [2.24, 2.45) is 0 Å². The molecule has 0 spiro atoms. The van der Waals surface area contributed by atoms with Crippen LogP contribution in [0.15, 0.2) is 66.3 Å². The van der Waals surface area contributed by atoms with Crippen molar-refractivity contribution in [2.45, 2.75) is 109 Å². The number of hydrogen-bond donors (Lipinski definition) is 0. The lowest BCUT2D eigenvalue weighted by Crippen LogP contribution is -2.02. The minimum absolute atomic E-state index is 0.0337. The zero-order valence-corrected chi connectivity index (χ0v) is 24.5. The molecule has 0 radical (unpaired) electrons. The molecule has 0 amide bonds. The number of hydrogen-bond acceptors (Lipinski definition) is 2. The molecule has 0 N–H and O–H groups in total. The largest absolute Gasteiger partial charge is 0.295 e. The quantitative estimate of drug-likeness (QED) is 0.215. The third-order valence-electron chi connectivity index (χ3n) is 4.39. The molecule has 1 rings (SSSR count). The maximum absolute atomic E-state index is 11.7. The van der Waals surface area contributed by atoms with Crippen LogP contribution in [0.3, 0.4) is 0 Å². The maximum Gasteiger partial charge on any atom is 0.159 e. The van der Waals surface area contributed by atoms with Crippen molar-refractivity contribution in [1.82, 2.24) is 0 Å².